The van der Waals surface area contributed by atoms with E-state index in [0.717, 1.165) is 21.9 Å². The summed E-state index contributed by atoms with van der Waals surface area (Å²) in [4.78, 5) is 12.3. The summed E-state index contributed by atoms with van der Waals surface area (Å²) in [5.74, 6) is 1.38. The highest BCUT2D eigenvalue weighted by molar-refractivity contribution is 7.98. The molecule has 0 saturated heterocycles. The molecule has 0 radical (unpaired) electrons. The molecule has 0 saturated carbocycles. The van der Waals surface area contributed by atoms with Gasteiger partial charge in [-0.05, 0) is 35.9 Å². The number of ether oxygens (including phenoxy) is 1. The average molecular weight is 477 g/mol. The molecule has 158 valence electrons. The van der Waals surface area contributed by atoms with Crippen LogP contribution in [0.15, 0.2) is 42.5 Å². The zero-order valence-corrected chi connectivity index (χ0v) is 19.2. The largest absolute Gasteiger partial charge is 0.495 e. The van der Waals surface area contributed by atoms with Crippen LogP contribution in [0.25, 0.3) is 0 Å². The molecule has 0 spiro atoms. The van der Waals surface area contributed by atoms with Crippen LogP contribution in [0.2, 0.25) is 10.0 Å². The quantitative estimate of drug-likeness (QED) is 0.527. The molecule has 0 aliphatic rings. The van der Waals surface area contributed by atoms with Crippen LogP contribution in [0, 0.1) is 0 Å². The summed E-state index contributed by atoms with van der Waals surface area (Å²) in [5.41, 5.74) is 1.36. The van der Waals surface area contributed by atoms with E-state index in [9.17, 15) is 13.2 Å². The van der Waals surface area contributed by atoms with Crippen LogP contribution < -0.4 is 14.4 Å². The van der Waals surface area contributed by atoms with Crippen molar-refractivity contribution in [3.63, 3.8) is 0 Å². The Bertz CT molecular complexity index is 938. The molecule has 0 bridgehead atoms. The zero-order valence-electron chi connectivity index (χ0n) is 16.0. The molecule has 1 N–H and O–H groups in total. The first-order chi connectivity index (χ1) is 13.7. The minimum atomic E-state index is -3.72. The van der Waals surface area contributed by atoms with E-state index in [4.69, 9.17) is 27.9 Å². The number of rotatable bonds is 10. The number of carbonyl (C=O) groups is 1. The van der Waals surface area contributed by atoms with Gasteiger partial charge < -0.3 is 10.1 Å². The van der Waals surface area contributed by atoms with Crippen LogP contribution in [-0.2, 0) is 20.6 Å². The second-order valence-corrected chi connectivity index (χ2v) is 10.00. The maximum atomic E-state index is 12.3. The second kappa shape index (κ2) is 11.0. The van der Waals surface area contributed by atoms with Crippen LogP contribution >= 0.6 is 35.0 Å². The minimum Gasteiger partial charge on any atom is -0.495 e. The van der Waals surface area contributed by atoms with Gasteiger partial charge in [0.15, 0.2) is 0 Å². The Morgan fingerprint density at radius 2 is 1.79 bits per heavy atom. The Morgan fingerprint density at radius 3 is 2.41 bits per heavy atom. The van der Waals surface area contributed by atoms with Gasteiger partial charge in [0.25, 0.3) is 0 Å². The van der Waals surface area contributed by atoms with Crippen molar-refractivity contribution in [3.8, 4) is 5.75 Å². The number of hydrogen-bond acceptors (Lipinski definition) is 5. The molecule has 1 amide bonds. The van der Waals surface area contributed by atoms with Crippen molar-refractivity contribution in [1.82, 2.24) is 5.32 Å². The number of nitrogens with one attached hydrogen (secondary N) is 1. The highest BCUT2D eigenvalue weighted by Crippen LogP contribution is 2.32. The summed E-state index contributed by atoms with van der Waals surface area (Å²) in [6, 6.07) is 12.2. The fourth-order valence-electron chi connectivity index (χ4n) is 2.46. The first-order valence-electron chi connectivity index (χ1n) is 8.61. The Labute approximate surface area is 185 Å². The molecule has 0 fully saturated rings. The van der Waals surface area contributed by atoms with Crippen molar-refractivity contribution < 1.29 is 17.9 Å². The fourth-order valence-corrected chi connectivity index (χ4v) is 4.42. The van der Waals surface area contributed by atoms with E-state index < -0.39 is 15.9 Å². The molecular formula is C19H22Cl2N2O4S2. The summed E-state index contributed by atoms with van der Waals surface area (Å²) in [6.07, 6.45) is 1.03. The zero-order chi connectivity index (χ0) is 21.4. The first kappa shape index (κ1) is 23.7. The van der Waals surface area contributed by atoms with Gasteiger partial charge in [0.05, 0.1) is 19.1 Å². The molecule has 0 heterocycles. The lowest BCUT2D eigenvalue weighted by Gasteiger charge is -2.24. The molecule has 2 aromatic rings. The summed E-state index contributed by atoms with van der Waals surface area (Å²) in [6.45, 7) is 0.0543. The standard InChI is InChI=1S/C19H22Cl2N2O4S2/c1-27-18-8-7-16(21)11-17(18)23(29(2,25)26)12-19(24)22-9-10-28-13-14-3-5-15(20)6-4-14/h3-8,11H,9-10,12-13H2,1-2H3,(H,22,24). The summed E-state index contributed by atoms with van der Waals surface area (Å²) < 4.78 is 30.7. The SMILES string of the molecule is COc1ccc(Cl)cc1N(CC(=O)NCCSCc1ccc(Cl)cc1)S(C)(=O)=O. The third-order valence-corrected chi connectivity index (χ3v) is 6.49. The van der Waals surface area contributed by atoms with Gasteiger partial charge in [0.2, 0.25) is 15.9 Å². The lowest BCUT2D eigenvalue weighted by Crippen LogP contribution is -2.41. The average Bonchev–Trinajstić information content (AvgIpc) is 2.66. The molecule has 6 nitrogen and oxygen atoms in total. The van der Waals surface area contributed by atoms with Crippen LogP contribution in [-0.4, -0.2) is 46.5 Å². The third kappa shape index (κ3) is 7.62. The van der Waals surface area contributed by atoms with E-state index >= 15 is 0 Å². The molecular weight excluding hydrogens is 455 g/mol. The van der Waals surface area contributed by atoms with E-state index in [0.29, 0.717) is 28.1 Å². The van der Waals surface area contributed by atoms with Crippen LogP contribution in [0.4, 0.5) is 5.69 Å². The number of sulfonamides is 1. The van der Waals surface area contributed by atoms with E-state index in [1.54, 1.807) is 23.9 Å². The monoisotopic (exact) mass is 476 g/mol. The van der Waals surface area contributed by atoms with E-state index in [-0.39, 0.29) is 12.2 Å². The predicted molar refractivity (Wildman–Crippen MR) is 121 cm³/mol. The van der Waals surface area contributed by atoms with Crippen molar-refractivity contribution >= 4 is 56.6 Å². The van der Waals surface area contributed by atoms with E-state index in [2.05, 4.69) is 5.32 Å². The normalized spacial score (nSPS) is 11.2. The molecule has 0 aromatic heterocycles. The topological polar surface area (TPSA) is 75.7 Å². The van der Waals surface area contributed by atoms with Gasteiger partial charge in [-0.1, -0.05) is 35.3 Å². The maximum Gasteiger partial charge on any atom is 0.240 e. The number of benzene rings is 2. The summed E-state index contributed by atoms with van der Waals surface area (Å²) in [7, 11) is -2.30. The Morgan fingerprint density at radius 1 is 1.14 bits per heavy atom. The smallest absolute Gasteiger partial charge is 0.240 e. The Hall–Kier alpha value is -1.61. The molecule has 2 rings (SSSR count). The van der Waals surface area contributed by atoms with Gasteiger partial charge in [-0.15, -0.1) is 0 Å². The highest BCUT2D eigenvalue weighted by atomic mass is 35.5. The van der Waals surface area contributed by atoms with Gasteiger partial charge in [0, 0.05) is 28.1 Å². The number of amides is 1. The number of carbonyl (C=O) groups excluding carboxylic acids is 1. The van der Waals surface area contributed by atoms with Crippen LogP contribution in [0.3, 0.4) is 0 Å². The predicted octanol–water partition coefficient (Wildman–Crippen LogP) is 3.82. The van der Waals surface area contributed by atoms with Crippen LogP contribution in [0.5, 0.6) is 5.75 Å². The fraction of sp³-hybridized carbons (Fsp3) is 0.316. The molecule has 2 aromatic carbocycles. The Kier molecular flexibility index (Phi) is 8.95. The van der Waals surface area contributed by atoms with Crippen LogP contribution in [0.1, 0.15) is 5.56 Å². The highest BCUT2D eigenvalue weighted by Gasteiger charge is 2.24. The van der Waals surface area contributed by atoms with Crippen molar-refractivity contribution in [2.75, 3.05) is 36.5 Å². The van der Waals surface area contributed by atoms with Gasteiger partial charge in [-0.3, -0.25) is 9.10 Å². The lowest BCUT2D eigenvalue weighted by molar-refractivity contribution is -0.119. The molecule has 0 aliphatic carbocycles. The van der Waals surface area contributed by atoms with Gasteiger partial charge in [0.1, 0.15) is 12.3 Å². The number of thioether (sulfide) groups is 1. The van der Waals surface area contributed by atoms with Gasteiger partial charge >= 0.3 is 0 Å². The number of hydrogen-bond donors (Lipinski definition) is 1. The summed E-state index contributed by atoms with van der Waals surface area (Å²) in [5, 5.41) is 3.78. The Balaban J connectivity index is 1.90. The number of methoxy groups -OCH3 is 1. The molecule has 0 aliphatic heterocycles. The minimum absolute atomic E-state index is 0.217. The summed E-state index contributed by atoms with van der Waals surface area (Å²) >= 11 is 13.5. The number of nitrogens with zero attached hydrogens (tertiary/aromatic N) is 1. The molecule has 0 unspecified atom stereocenters. The van der Waals surface area contributed by atoms with Gasteiger partial charge in [-0.2, -0.15) is 11.8 Å². The first-order valence-corrected chi connectivity index (χ1v) is 12.4. The molecule has 0 atom stereocenters. The van der Waals surface area contributed by atoms with Gasteiger partial charge in [-0.25, -0.2) is 8.42 Å². The van der Waals surface area contributed by atoms with E-state index in [1.165, 1.54) is 13.2 Å². The second-order valence-electron chi connectivity index (χ2n) is 6.11. The van der Waals surface area contributed by atoms with Crippen molar-refractivity contribution in [2.45, 2.75) is 5.75 Å². The van der Waals surface area contributed by atoms with Crippen molar-refractivity contribution in [2.24, 2.45) is 0 Å². The lowest BCUT2D eigenvalue weighted by atomic mass is 10.2. The van der Waals surface area contributed by atoms with Crippen molar-refractivity contribution in [1.29, 1.82) is 0 Å². The number of halogens is 2. The molecule has 29 heavy (non-hydrogen) atoms. The third-order valence-electron chi connectivity index (χ3n) is 3.85. The van der Waals surface area contributed by atoms with Crippen molar-refractivity contribution in [3.05, 3.63) is 58.1 Å². The number of anilines is 1. The maximum absolute atomic E-state index is 12.3. The van der Waals surface area contributed by atoms with E-state index in [1.807, 2.05) is 24.3 Å². The molecule has 10 heteroatoms.